The van der Waals surface area contributed by atoms with Gasteiger partial charge in [-0.3, -0.25) is 9.59 Å². The van der Waals surface area contributed by atoms with Gasteiger partial charge in [0.15, 0.2) is 0 Å². The molecule has 0 aromatic heterocycles. The molecule has 0 radical (unpaired) electrons. The normalized spacial score (nSPS) is 9.62. The number of rotatable bonds is 3. The number of carbonyl (C=O) groups excluding carboxylic acids is 2. The Morgan fingerprint density at radius 3 is 1.62 bits per heavy atom. The largest absolute Gasteiger partial charge is 0.354 e. The van der Waals surface area contributed by atoms with Crippen molar-refractivity contribution in [1.82, 2.24) is 9.13 Å². The summed E-state index contributed by atoms with van der Waals surface area (Å²) in [5.41, 5.74) is 1.70. The first kappa shape index (κ1) is 11.9. The van der Waals surface area contributed by atoms with Crippen molar-refractivity contribution in [3.05, 3.63) is 12.3 Å². The maximum Gasteiger partial charge on any atom is 0.277 e. The minimum Gasteiger partial charge on any atom is -0.354 e. The molecule has 0 bridgehead atoms. The van der Waals surface area contributed by atoms with E-state index in [1.807, 2.05) is 0 Å². The molecule has 2 amide bonds. The van der Waals surface area contributed by atoms with E-state index in [0.29, 0.717) is 0 Å². The van der Waals surface area contributed by atoms with Crippen molar-refractivity contribution >= 4 is 20.9 Å². The Labute approximate surface area is 80.6 Å². The fourth-order valence-corrected chi connectivity index (χ4v) is 2.85. The highest BCUT2D eigenvalue weighted by Gasteiger charge is 2.22. The van der Waals surface area contributed by atoms with Crippen LogP contribution in [-0.2, 0) is 9.59 Å². The standard InChI is InChI=1S/C8H16N2O2Si/c1-6-13(9(4)7(2)11)10(5)8(3)12/h6,13H,1H2,2-5H3. The summed E-state index contributed by atoms with van der Waals surface area (Å²) in [7, 11) is 1.60. The molecule has 0 fully saturated rings. The SMILES string of the molecule is C=C[SiH](N(C)C(C)=O)N(C)C(C)=O. The molecule has 0 atom stereocenters. The van der Waals surface area contributed by atoms with E-state index in [2.05, 4.69) is 6.58 Å². The first-order valence-electron chi connectivity index (χ1n) is 4.01. The van der Waals surface area contributed by atoms with Crippen molar-refractivity contribution in [1.29, 1.82) is 0 Å². The second-order valence-electron chi connectivity index (χ2n) is 2.91. The molecule has 0 aromatic carbocycles. The summed E-state index contributed by atoms with van der Waals surface area (Å²) in [5.74, 6) is -0.0747. The fraction of sp³-hybridized carbons (Fsp3) is 0.500. The molecule has 0 spiro atoms. The number of hydrogen-bond donors (Lipinski definition) is 0. The number of amides is 2. The van der Waals surface area contributed by atoms with Gasteiger partial charge in [-0.1, -0.05) is 5.70 Å². The molecule has 13 heavy (non-hydrogen) atoms. The molecule has 5 heteroatoms. The van der Waals surface area contributed by atoms with Crippen molar-refractivity contribution in [2.45, 2.75) is 13.8 Å². The molecule has 0 unspecified atom stereocenters. The summed E-state index contributed by atoms with van der Waals surface area (Å²) >= 11 is 0. The van der Waals surface area contributed by atoms with Gasteiger partial charge >= 0.3 is 0 Å². The Kier molecular flexibility index (Phi) is 4.40. The Balaban J connectivity index is 4.59. The van der Waals surface area contributed by atoms with Crippen LogP contribution in [0.3, 0.4) is 0 Å². The molecule has 4 nitrogen and oxygen atoms in total. The minimum absolute atomic E-state index is 0.0373. The van der Waals surface area contributed by atoms with Gasteiger partial charge < -0.3 is 9.13 Å². The van der Waals surface area contributed by atoms with Crippen LogP contribution in [-0.4, -0.2) is 44.2 Å². The fourth-order valence-electron chi connectivity index (χ4n) is 0.949. The molecule has 74 valence electrons. The minimum atomic E-state index is -1.79. The molecule has 0 aliphatic rings. The highest BCUT2D eigenvalue weighted by atomic mass is 28.3. The quantitative estimate of drug-likeness (QED) is 0.596. The van der Waals surface area contributed by atoms with E-state index in [4.69, 9.17) is 0 Å². The summed E-state index contributed by atoms with van der Waals surface area (Å²) in [6, 6.07) is 0. The van der Waals surface area contributed by atoms with Crippen LogP contribution in [0.5, 0.6) is 0 Å². The summed E-state index contributed by atoms with van der Waals surface area (Å²) in [5, 5.41) is 0. The first-order chi connectivity index (χ1) is 5.91. The molecule has 0 aliphatic carbocycles. The van der Waals surface area contributed by atoms with Crippen LogP contribution < -0.4 is 0 Å². The van der Waals surface area contributed by atoms with Gasteiger partial charge in [-0.2, -0.15) is 0 Å². The average Bonchev–Trinajstić information content (AvgIpc) is 2.04. The predicted octanol–water partition coefficient (Wildman–Crippen LogP) is -0.111. The Hall–Kier alpha value is -1.10. The molecule has 0 heterocycles. The van der Waals surface area contributed by atoms with Crippen molar-refractivity contribution in [3.63, 3.8) is 0 Å². The van der Waals surface area contributed by atoms with Gasteiger partial charge in [-0.25, -0.2) is 0 Å². The van der Waals surface area contributed by atoms with Crippen LogP contribution in [0.4, 0.5) is 0 Å². The van der Waals surface area contributed by atoms with Gasteiger partial charge in [-0.15, -0.1) is 6.58 Å². The number of hydrogen-bond acceptors (Lipinski definition) is 2. The zero-order valence-electron chi connectivity index (χ0n) is 8.57. The van der Waals surface area contributed by atoms with Gasteiger partial charge in [0.05, 0.1) is 0 Å². The van der Waals surface area contributed by atoms with E-state index < -0.39 is 9.12 Å². The molecule has 0 saturated carbocycles. The van der Waals surface area contributed by atoms with Crippen LogP contribution >= 0.6 is 0 Å². The maximum absolute atomic E-state index is 11.0. The smallest absolute Gasteiger partial charge is 0.277 e. The maximum atomic E-state index is 11.0. The Morgan fingerprint density at radius 2 is 1.46 bits per heavy atom. The van der Waals surface area contributed by atoms with E-state index in [-0.39, 0.29) is 11.8 Å². The third-order valence-electron chi connectivity index (χ3n) is 2.00. The Morgan fingerprint density at radius 1 is 1.15 bits per heavy atom. The lowest BCUT2D eigenvalue weighted by atomic mass is 10.7. The topological polar surface area (TPSA) is 40.6 Å². The van der Waals surface area contributed by atoms with Crippen LogP contribution in [0.15, 0.2) is 12.3 Å². The lowest BCUT2D eigenvalue weighted by molar-refractivity contribution is -0.125. The second-order valence-corrected chi connectivity index (χ2v) is 5.76. The molecule has 0 saturated heterocycles. The summed E-state index contributed by atoms with van der Waals surface area (Å²) < 4.78 is 3.18. The van der Waals surface area contributed by atoms with Crippen LogP contribution in [0.1, 0.15) is 13.8 Å². The lowest BCUT2D eigenvalue weighted by Crippen LogP contribution is -2.51. The molecular weight excluding hydrogens is 184 g/mol. The van der Waals surface area contributed by atoms with Crippen LogP contribution in [0.25, 0.3) is 0 Å². The van der Waals surface area contributed by atoms with Gasteiger partial charge in [0.1, 0.15) is 0 Å². The molecule has 0 rings (SSSR count). The Bertz CT molecular complexity index is 210. The highest BCUT2D eigenvalue weighted by molar-refractivity contribution is 6.63. The zero-order valence-corrected chi connectivity index (χ0v) is 9.73. The monoisotopic (exact) mass is 200 g/mol. The predicted molar refractivity (Wildman–Crippen MR) is 54.2 cm³/mol. The third kappa shape index (κ3) is 3.02. The lowest BCUT2D eigenvalue weighted by Gasteiger charge is -2.30. The summed E-state index contributed by atoms with van der Waals surface area (Å²) in [4.78, 5) is 22.1. The van der Waals surface area contributed by atoms with E-state index in [1.165, 1.54) is 13.8 Å². The van der Waals surface area contributed by atoms with Gasteiger partial charge in [0.25, 0.3) is 9.12 Å². The van der Waals surface area contributed by atoms with Gasteiger partial charge in [0.2, 0.25) is 11.8 Å². The van der Waals surface area contributed by atoms with Crippen molar-refractivity contribution in [3.8, 4) is 0 Å². The molecule has 0 aliphatic heterocycles. The first-order valence-corrected chi connectivity index (χ1v) is 5.71. The average molecular weight is 200 g/mol. The second kappa shape index (κ2) is 4.81. The highest BCUT2D eigenvalue weighted by Crippen LogP contribution is 1.99. The van der Waals surface area contributed by atoms with Crippen molar-refractivity contribution in [2.75, 3.05) is 14.1 Å². The van der Waals surface area contributed by atoms with E-state index in [1.54, 1.807) is 28.9 Å². The number of nitrogens with zero attached hydrogens (tertiary/aromatic N) is 2. The van der Waals surface area contributed by atoms with Crippen LogP contribution in [0, 0.1) is 0 Å². The summed E-state index contributed by atoms with van der Waals surface area (Å²) in [6.07, 6.45) is 0. The van der Waals surface area contributed by atoms with Crippen molar-refractivity contribution in [2.24, 2.45) is 0 Å². The van der Waals surface area contributed by atoms with E-state index >= 15 is 0 Å². The molecule has 0 N–H and O–H groups in total. The van der Waals surface area contributed by atoms with E-state index in [9.17, 15) is 9.59 Å². The van der Waals surface area contributed by atoms with Gasteiger partial charge in [0, 0.05) is 27.9 Å². The van der Waals surface area contributed by atoms with Crippen molar-refractivity contribution < 1.29 is 9.59 Å². The molecular formula is C8H16N2O2Si. The van der Waals surface area contributed by atoms with E-state index in [0.717, 1.165) is 0 Å². The number of carbonyl (C=O) groups is 2. The molecule has 0 aromatic rings. The summed E-state index contributed by atoms with van der Waals surface area (Å²) in [6.45, 7) is 6.61. The van der Waals surface area contributed by atoms with Crippen LogP contribution in [0.2, 0.25) is 0 Å². The zero-order chi connectivity index (χ0) is 10.6. The third-order valence-corrected chi connectivity index (χ3v) is 4.73. The van der Waals surface area contributed by atoms with Gasteiger partial charge in [-0.05, 0) is 0 Å².